The van der Waals surface area contributed by atoms with E-state index in [1.54, 1.807) is 53.5 Å². The van der Waals surface area contributed by atoms with E-state index in [2.05, 4.69) is 10.6 Å². The highest BCUT2D eigenvalue weighted by Crippen LogP contribution is 2.31. The number of methoxy groups -OCH3 is 3. The number of hydrogen-bond acceptors (Lipinski definition) is 10. The summed E-state index contributed by atoms with van der Waals surface area (Å²) in [7, 11) is 5.84. The number of ether oxygens (including phenoxy) is 4. The van der Waals surface area contributed by atoms with Crippen LogP contribution in [0.15, 0.2) is 30.3 Å². The third-order valence-corrected chi connectivity index (χ3v) is 11.8. The van der Waals surface area contributed by atoms with Crippen LogP contribution in [0.5, 0.6) is 0 Å². The molecule has 2 aliphatic rings. The second-order valence-corrected chi connectivity index (χ2v) is 17.7. The molecule has 3 rings (SSSR count). The number of likely N-dealkylation sites (tertiary alicyclic amines) is 2. The second kappa shape index (κ2) is 22.0. The standard InChI is InChI=1S/C44H70FN5O10/c1-13-28(4)36(48(9)39(53)35(27(2)3)47-41(55)44(45)21-23-49(26-44)42(56)60-43(6,7)8)33(57-10)25-34(51)50-22-17-20-32(50)37(58-11)29(5)38(52)46-31(40(54)59-12)24-30-18-15-14-16-19-30/h14-16,18-19,27-29,31-33,35-37H,13,17,20-26H2,1-12H3,(H,46,52)(H,47,55)/t28-,29+,31-,32-,33+,35-,36?,37?,44+/m0/s1. The molecule has 1 aromatic carbocycles. The van der Waals surface area contributed by atoms with E-state index in [-0.39, 0.29) is 37.6 Å². The zero-order valence-electron chi connectivity index (χ0n) is 37.7. The summed E-state index contributed by atoms with van der Waals surface area (Å²) >= 11 is 0. The zero-order valence-corrected chi connectivity index (χ0v) is 37.7. The summed E-state index contributed by atoms with van der Waals surface area (Å²) in [5.74, 6) is -4.04. The molecular weight excluding hydrogens is 778 g/mol. The molecule has 338 valence electrons. The minimum absolute atomic E-state index is 0.0155. The fourth-order valence-electron chi connectivity index (χ4n) is 8.24. The average Bonchev–Trinajstić information content (AvgIpc) is 3.86. The largest absolute Gasteiger partial charge is 0.467 e. The van der Waals surface area contributed by atoms with Crippen molar-refractivity contribution in [2.24, 2.45) is 17.8 Å². The van der Waals surface area contributed by atoms with Gasteiger partial charge in [0.25, 0.3) is 5.91 Å². The van der Waals surface area contributed by atoms with Crippen molar-refractivity contribution < 1.29 is 52.1 Å². The maximum atomic E-state index is 16.1. The summed E-state index contributed by atoms with van der Waals surface area (Å²) in [4.78, 5) is 85.5. The predicted molar refractivity (Wildman–Crippen MR) is 223 cm³/mol. The van der Waals surface area contributed by atoms with Crippen molar-refractivity contribution in [2.45, 2.75) is 142 Å². The highest BCUT2D eigenvalue weighted by atomic mass is 19.1. The van der Waals surface area contributed by atoms with Crippen LogP contribution in [0.3, 0.4) is 0 Å². The fourth-order valence-corrected chi connectivity index (χ4v) is 8.24. The van der Waals surface area contributed by atoms with E-state index >= 15 is 4.39 Å². The molecule has 2 unspecified atom stereocenters. The van der Waals surface area contributed by atoms with Gasteiger partial charge in [0, 0.05) is 47.2 Å². The van der Waals surface area contributed by atoms with Crippen molar-refractivity contribution in [1.29, 1.82) is 0 Å². The lowest BCUT2D eigenvalue weighted by Gasteiger charge is -2.41. The van der Waals surface area contributed by atoms with Gasteiger partial charge in [-0.15, -0.1) is 0 Å². The quantitative estimate of drug-likeness (QED) is 0.191. The van der Waals surface area contributed by atoms with Crippen LogP contribution in [0.25, 0.3) is 0 Å². The molecule has 2 saturated heterocycles. The van der Waals surface area contributed by atoms with E-state index in [1.807, 2.05) is 44.2 Å². The summed E-state index contributed by atoms with van der Waals surface area (Å²) in [6.45, 7) is 14.1. The number of alkyl halides is 1. The molecule has 2 N–H and O–H groups in total. The smallest absolute Gasteiger partial charge is 0.410 e. The van der Waals surface area contributed by atoms with Crippen molar-refractivity contribution in [3.8, 4) is 0 Å². The van der Waals surface area contributed by atoms with Crippen molar-refractivity contribution in [3.05, 3.63) is 35.9 Å². The van der Waals surface area contributed by atoms with Crippen LogP contribution in [0.4, 0.5) is 9.18 Å². The maximum absolute atomic E-state index is 16.1. The van der Waals surface area contributed by atoms with Crippen LogP contribution in [0.1, 0.15) is 93.1 Å². The first-order valence-corrected chi connectivity index (χ1v) is 21.1. The third kappa shape index (κ3) is 12.9. The molecule has 0 bridgehead atoms. The molecule has 2 heterocycles. The van der Waals surface area contributed by atoms with Crippen molar-refractivity contribution in [3.63, 3.8) is 0 Å². The van der Waals surface area contributed by atoms with Gasteiger partial charge in [0.05, 0.1) is 50.3 Å². The topological polar surface area (TPSA) is 173 Å². The second-order valence-electron chi connectivity index (χ2n) is 17.7. The number of rotatable bonds is 19. The molecule has 1 aromatic rings. The Hall–Kier alpha value is -4.31. The van der Waals surface area contributed by atoms with Crippen LogP contribution >= 0.6 is 0 Å². The first kappa shape index (κ1) is 50.0. The third-order valence-electron chi connectivity index (χ3n) is 11.8. The Morgan fingerprint density at radius 1 is 0.967 bits per heavy atom. The molecule has 2 fully saturated rings. The Kier molecular flexibility index (Phi) is 18.3. The van der Waals surface area contributed by atoms with Crippen molar-refractivity contribution in [2.75, 3.05) is 48.0 Å². The van der Waals surface area contributed by atoms with Crippen LogP contribution in [-0.2, 0) is 49.3 Å². The van der Waals surface area contributed by atoms with Gasteiger partial charge in [-0.05, 0) is 51.0 Å². The lowest BCUT2D eigenvalue weighted by molar-refractivity contribution is -0.149. The summed E-state index contributed by atoms with van der Waals surface area (Å²) in [6, 6.07) is 6.17. The molecule has 16 heteroatoms. The molecule has 0 aromatic heterocycles. The van der Waals surface area contributed by atoms with Gasteiger partial charge >= 0.3 is 12.1 Å². The Balaban J connectivity index is 1.76. The normalized spacial score (nSPS) is 21.6. The highest BCUT2D eigenvalue weighted by Gasteiger charge is 2.49. The molecule has 0 aliphatic carbocycles. The number of esters is 1. The molecule has 0 spiro atoms. The van der Waals surface area contributed by atoms with Gasteiger partial charge in [0.15, 0.2) is 0 Å². The van der Waals surface area contributed by atoms with E-state index in [1.165, 1.54) is 26.2 Å². The lowest BCUT2D eigenvalue weighted by atomic mass is 9.89. The zero-order chi connectivity index (χ0) is 45.1. The first-order chi connectivity index (χ1) is 28.1. The number of carbonyl (C=O) groups excluding carboxylic acids is 6. The highest BCUT2D eigenvalue weighted by molar-refractivity contribution is 5.92. The Bertz CT molecular complexity index is 1630. The number of likely N-dealkylation sites (N-methyl/N-ethyl adjacent to an activating group) is 1. The van der Waals surface area contributed by atoms with Crippen molar-refractivity contribution in [1.82, 2.24) is 25.3 Å². The monoisotopic (exact) mass is 848 g/mol. The minimum Gasteiger partial charge on any atom is -0.467 e. The number of halogens is 1. The molecule has 2 aliphatic heterocycles. The summed E-state index contributed by atoms with van der Waals surface area (Å²) in [5, 5.41) is 5.48. The van der Waals surface area contributed by atoms with Crippen LogP contribution in [0, 0.1) is 17.8 Å². The van der Waals surface area contributed by atoms with E-state index in [0.29, 0.717) is 25.8 Å². The van der Waals surface area contributed by atoms with Gasteiger partial charge in [-0.1, -0.05) is 71.4 Å². The van der Waals surface area contributed by atoms with E-state index in [9.17, 15) is 28.8 Å². The van der Waals surface area contributed by atoms with Gasteiger partial charge in [0.2, 0.25) is 23.4 Å². The lowest BCUT2D eigenvalue weighted by Crippen LogP contribution is -2.60. The Labute approximate surface area is 355 Å². The Morgan fingerprint density at radius 3 is 2.17 bits per heavy atom. The fraction of sp³-hybridized carbons (Fsp3) is 0.727. The van der Waals surface area contributed by atoms with Gasteiger partial charge in [0.1, 0.15) is 17.7 Å². The number of nitrogens with one attached hydrogen (secondary N) is 2. The molecule has 0 radical (unpaired) electrons. The van der Waals surface area contributed by atoms with Gasteiger partial charge < -0.3 is 44.3 Å². The van der Waals surface area contributed by atoms with E-state index < -0.39 is 95.8 Å². The van der Waals surface area contributed by atoms with E-state index in [4.69, 9.17) is 18.9 Å². The van der Waals surface area contributed by atoms with Crippen LogP contribution < -0.4 is 10.6 Å². The van der Waals surface area contributed by atoms with Gasteiger partial charge in [-0.25, -0.2) is 14.0 Å². The summed E-state index contributed by atoms with van der Waals surface area (Å²) in [6.07, 6.45) is -0.403. The number of amides is 5. The van der Waals surface area contributed by atoms with Crippen molar-refractivity contribution >= 4 is 35.7 Å². The molecular formula is C44H70FN5O10. The number of nitrogens with zero attached hydrogens (tertiary/aromatic N) is 3. The van der Waals surface area contributed by atoms with Gasteiger partial charge in [-0.2, -0.15) is 0 Å². The predicted octanol–water partition coefficient (Wildman–Crippen LogP) is 4.30. The number of carbonyl (C=O) groups is 6. The SMILES string of the molecule is CC[C@H](C)C([C@@H](CC(=O)N1CCC[C@H]1C(OC)[C@@H](C)C(=O)N[C@@H](Cc1ccccc1)C(=O)OC)OC)N(C)C(=O)[C@@H](NC(=O)[C@@]1(F)CCN(C(=O)OC(C)(C)C)C1)C(C)C. The maximum Gasteiger partial charge on any atom is 0.410 e. The van der Waals surface area contributed by atoms with Crippen LogP contribution in [0.2, 0.25) is 0 Å². The average molecular weight is 848 g/mol. The molecule has 0 saturated carbocycles. The molecule has 5 amide bonds. The first-order valence-electron chi connectivity index (χ1n) is 21.1. The van der Waals surface area contributed by atoms with Gasteiger partial charge in [-0.3, -0.25) is 19.2 Å². The van der Waals surface area contributed by atoms with Crippen LogP contribution in [-0.4, -0.2) is 146 Å². The Morgan fingerprint density at radius 2 is 1.62 bits per heavy atom. The molecule has 9 atom stereocenters. The minimum atomic E-state index is -2.42. The number of benzene rings is 1. The molecule has 60 heavy (non-hydrogen) atoms. The summed E-state index contributed by atoms with van der Waals surface area (Å²) < 4.78 is 38.4. The number of hydrogen-bond donors (Lipinski definition) is 2. The summed E-state index contributed by atoms with van der Waals surface area (Å²) in [5.41, 5.74) is -2.36. The van der Waals surface area contributed by atoms with E-state index in [0.717, 1.165) is 10.5 Å². The molecule has 15 nitrogen and oxygen atoms in total.